The number of hydrogen-bond donors (Lipinski definition) is 0. The van der Waals surface area contributed by atoms with Crippen LogP contribution in [0.1, 0.15) is 32.6 Å². The number of anilines is 1. The Bertz CT molecular complexity index is 758. The second-order valence-electron chi connectivity index (χ2n) is 6.02. The summed E-state index contributed by atoms with van der Waals surface area (Å²) < 4.78 is 10.1. The van der Waals surface area contributed by atoms with Crippen molar-refractivity contribution >= 4 is 35.1 Å². The molecule has 1 aliphatic heterocycles. The summed E-state index contributed by atoms with van der Waals surface area (Å²) in [6, 6.07) is 4.49. The first-order valence-corrected chi connectivity index (χ1v) is 8.46. The van der Waals surface area contributed by atoms with Gasteiger partial charge >= 0.3 is 5.97 Å². The van der Waals surface area contributed by atoms with E-state index in [0.29, 0.717) is 29.7 Å². The fraction of sp³-hybridized carbons (Fsp3) is 0.389. The monoisotopic (exact) mass is 363 g/mol. The molecule has 0 N–H and O–H groups in total. The lowest BCUT2D eigenvalue weighted by molar-refractivity contribution is -0.144. The van der Waals surface area contributed by atoms with E-state index in [1.807, 2.05) is 0 Å². The Labute approximate surface area is 150 Å². The summed E-state index contributed by atoms with van der Waals surface area (Å²) in [5.41, 5.74) is 1.53. The van der Waals surface area contributed by atoms with Gasteiger partial charge in [0.2, 0.25) is 0 Å². The quantitative estimate of drug-likeness (QED) is 0.467. The van der Waals surface area contributed by atoms with Crippen molar-refractivity contribution in [3.63, 3.8) is 0 Å². The van der Waals surface area contributed by atoms with Crippen molar-refractivity contribution in [2.24, 2.45) is 0 Å². The molecule has 0 radical (unpaired) electrons. The highest BCUT2D eigenvalue weighted by Crippen LogP contribution is 2.38. The maximum atomic E-state index is 12.6. The normalized spacial score (nSPS) is 18.4. The average molecular weight is 364 g/mol. The van der Waals surface area contributed by atoms with Gasteiger partial charge in [0, 0.05) is 24.3 Å². The molecule has 1 heterocycles. The van der Waals surface area contributed by atoms with Crippen molar-refractivity contribution in [2.75, 3.05) is 12.0 Å². The maximum absolute atomic E-state index is 12.6. The van der Waals surface area contributed by atoms with Crippen molar-refractivity contribution in [3.05, 3.63) is 34.4 Å². The van der Waals surface area contributed by atoms with E-state index in [1.165, 1.54) is 19.2 Å². The molecule has 1 aromatic rings. The number of halogens is 1. The highest BCUT2D eigenvalue weighted by molar-refractivity contribution is 6.34. The Morgan fingerprint density at radius 1 is 1.16 bits per heavy atom. The van der Waals surface area contributed by atoms with Crippen LogP contribution in [0.2, 0.25) is 5.02 Å². The molecule has 2 aliphatic rings. The summed E-state index contributed by atoms with van der Waals surface area (Å²) in [6.07, 6.45) is 2.30. The number of hydrogen-bond acceptors (Lipinski definition) is 5. The molecule has 1 unspecified atom stereocenters. The fourth-order valence-electron chi connectivity index (χ4n) is 2.97. The zero-order chi connectivity index (χ0) is 18.1. The third-order valence-corrected chi connectivity index (χ3v) is 4.77. The van der Waals surface area contributed by atoms with E-state index in [9.17, 15) is 14.4 Å². The third kappa shape index (κ3) is 3.19. The first kappa shape index (κ1) is 17.6. The van der Waals surface area contributed by atoms with E-state index in [1.54, 1.807) is 13.0 Å². The molecule has 0 aromatic heterocycles. The smallest absolute Gasteiger partial charge is 0.340 e. The van der Waals surface area contributed by atoms with E-state index < -0.39 is 12.1 Å². The van der Waals surface area contributed by atoms with Gasteiger partial charge in [-0.25, -0.2) is 9.69 Å². The topological polar surface area (TPSA) is 72.9 Å². The third-order valence-electron chi connectivity index (χ3n) is 4.46. The van der Waals surface area contributed by atoms with Gasteiger partial charge in [0.1, 0.15) is 0 Å². The molecule has 2 amide bonds. The number of esters is 1. The van der Waals surface area contributed by atoms with Gasteiger partial charge in [0.25, 0.3) is 11.8 Å². The molecule has 0 saturated heterocycles. The molecule has 1 aromatic carbocycles. The van der Waals surface area contributed by atoms with Crippen molar-refractivity contribution < 1.29 is 23.9 Å². The lowest BCUT2D eigenvalue weighted by atomic mass is 9.93. The maximum Gasteiger partial charge on any atom is 0.340 e. The van der Waals surface area contributed by atoms with E-state index in [4.69, 9.17) is 21.1 Å². The van der Waals surface area contributed by atoms with Crippen molar-refractivity contribution in [1.82, 2.24) is 0 Å². The van der Waals surface area contributed by atoms with E-state index in [-0.39, 0.29) is 22.6 Å². The van der Waals surface area contributed by atoms with Crippen molar-refractivity contribution in [1.29, 1.82) is 0 Å². The molecule has 0 fully saturated rings. The number of carbonyl (C=O) groups excluding carboxylic acids is 3. The summed E-state index contributed by atoms with van der Waals surface area (Å²) >= 11 is 6.07. The van der Waals surface area contributed by atoms with Gasteiger partial charge < -0.3 is 9.47 Å². The van der Waals surface area contributed by atoms with Gasteiger partial charge in [-0.05, 0) is 44.7 Å². The number of ether oxygens (including phenoxy) is 2. The summed E-state index contributed by atoms with van der Waals surface area (Å²) in [4.78, 5) is 38.2. The first-order chi connectivity index (χ1) is 11.9. The minimum Gasteiger partial charge on any atom is -0.423 e. The summed E-state index contributed by atoms with van der Waals surface area (Å²) in [5, 5.41) is 0.206. The predicted molar refractivity (Wildman–Crippen MR) is 91.5 cm³/mol. The molecule has 0 saturated carbocycles. The van der Waals surface area contributed by atoms with Crippen LogP contribution in [0.3, 0.4) is 0 Å². The number of nitrogens with zero attached hydrogens (tertiary/aromatic N) is 1. The van der Waals surface area contributed by atoms with Crippen LogP contribution in [0.15, 0.2) is 29.3 Å². The zero-order valence-corrected chi connectivity index (χ0v) is 14.8. The number of imide groups is 1. The highest BCUT2D eigenvalue weighted by Gasteiger charge is 2.39. The van der Waals surface area contributed by atoms with Crippen molar-refractivity contribution in [3.8, 4) is 5.75 Å². The molecule has 0 bridgehead atoms. The fourth-order valence-corrected chi connectivity index (χ4v) is 3.13. The second-order valence-corrected chi connectivity index (χ2v) is 6.43. The molecular formula is C18H18ClNO5. The van der Waals surface area contributed by atoms with E-state index >= 15 is 0 Å². The lowest BCUT2D eigenvalue weighted by Crippen LogP contribution is -2.31. The Balaban J connectivity index is 1.89. The Morgan fingerprint density at radius 3 is 2.32 bits per heavy atom. The first-order valence-electron chi connectivity index (χ1n) is 8.09. The summed E-state index contributed by atoms with van der Waals surface area (Å²) in [5.74, 6) is -1.13. The molecule has 6 nitrogen and oxygen atoms in total. The number of carbonyl (C=O) groups is 3. The molecule has 1 aliphatic carbocycles. The number of methoxy groups -OCH3 is 1. The Morgan fingerprint density at radius 2 is 1.76 bits per heavy atom. The van der Waals surface area contributed by atoms with Gasteiger partial charge in [-0.15, -0.1) is 0 Å². The zero-order valence-electron chi connectivity index (χ0n) is 14.0. The van der Waals surface area contributed by atoms with Crippen molar-refractivity contribution in [2.45, 2.75) is 38.7 Å². The number of amides is 2. The van der Waals surface area contributed by atoms with Gasteiger partial charge in [0.15, 0.2) is 11.9 Å². The van der Waals surface area contributed by atoms with Crippen LogP contribution in [-0.4, -0.2) is 31.0 Å². The SMILES string of the molecule is COC(C)C(=O)Oc1cc(N2C(=O)C3=C(CCCC3)C2=O)ccc1Cl. The van der Waals surface area contributed by atoms with Crippen LogP contribution < -0.4 is 9.64 Å². The standard InChI is InChI=1S/C18H18ClNO5/c1-10(24-2)18(23)25-15-9-11(7-8-14(15)19)20-16(21)12-5-3-4-6-13(12)17(20)22/h7-10H,3-6H2,1-2H3. The largest absolute Gasteiger partial charge is 0.423 e. The number of rotatable bonds is 4. The van der Waals surface area contributed by atoms with Crippen LogP contribution in [-0.2, 0) is 19.1 Å². The Hall–Kier alpha value is -2.18. The van der Waals surface area contributed by atoms with Crippen LogP contribution in [0.4, 0.5) is 5.69 Å². The average Bonchev–Trinajstić information content (AvgIpc) is 2.87. The van der Waals surface area contributed by atoms with Crippen LogP contribution in [0.25, 0.3) is 0 Å². The molecule has 3 rings (SSSR count). The van der Waals surface area contributed by atoms with Gasteiger partial charge in [0.05, 0.1) is 10.7 Å². The Kier molecular flexibility index (Phi) is 4.92. The molecular weight excluding hydrogens is 346 g/mol. The summed E-state index contributed by atoms with van der Waals surface area (Å²) in [6.45, 7) is 1.55. The van der Waals surface area contributed by atoms with Crippen LogP contribution in [0.5, 0.6) is 5.75 Å². The minimum atomic E-state index is -0.760. The second kappa shape index (κ2) is 6.98. The van der Waals surface area contributed by atoms with E-state index in [0.717, 1.165) is 17.7 Å². The summed E-state index contributed by atoms with van der Waals surface area (Å²) in [7, 11) is 1.39. The molecule has 7 heteroatoms. The van der Waals surface area contributed by atoms with E-state index in [2.05, 4.69) is 0 Å². The predicted octanol–water partition coefficient (Wildman–Crippen LogP) is 3.02. The molecule has 0 spiro atoms. The van der Waals surface area contributed by atoms with Crippen LogP contribution in [0, 0.1) is 0 Å². The number of benzene rings is 1. The van der Waals surface area contributed by atoms with Crippen LogP contribution >= 0.6 is 11.6 Å². The highest BCUT2D eigenvalue weighted by atomic mass is 35.5. The van der Waals surface area contributed by atoms with Gasteiger partial charge in [-0.1, -0.05) is 11.6 Å². The lowest BCUT2D eigenvalue weighted by Gasteiger charge is -2.17. The molecule has 25 heavy (non-hydrogen) atoms. The molecule has 132 valence electrons. The van der Waals surface area contributed by atoms with Gasteiger partial charge in [-0.3, -0.25) is 9.59 Å². The minimum absolute atomic E-state index is 0.0820. The van der Waals surface area contributed by atoms with Gasteiger partial charge in [-0.2, -0.15) is 0 Å². The molecule has 1 atom stereocenters.